The zero-order valence-corrected chi connectivity index (χ0v) is 11.1. The number of nitrogens with zero attached hydrogens (tertiary/aromatic N) is 3. The lowest BCUT2D eigenvalue weighted by Crippen LogP contribution is -2.09. The van der Waals surface area contributed by atoms with E-state index < -0.39 is 6.10 Å². The Balaban J connectivity index is 2.57. The minimum atomic E-state index is -0.548. The molecule has 0 aliphatic heterocycles. The van der Waals surface area contributed by atoms with Crippen molar-refractivity contribution in [3.05, 3.63) is 41.3 Å². The predicted molar refractivity (Wildman–Crippen MR) is 70.7 cm³/mol. The topological polar surface area (TPSA) is 50.9 Å². The number of aliphatic hydroxyl groups is 1. The molecule has 0 amide bonds. The molecular formula is C14H19N3O. The van der Waals surface area contributed by atoms with Gasteiger partial charge >= 0.3 is 0 Å². The second-order valence-electron chi connectivity index (χ2n) is 4.34. The van der Waals surface area contributed by atoms with Crippen LogP contribution in [0.1, 0.15) is 43.8 Å². The molecule has 1 N–H and O–H groups in total. The Labute approximate surface area is 107 Å². The largest absolute Gasteiger partial charge is 0.389 e. The highest BCUT2D eigenvalue weighted by molar-refractivity contribution is 5.36. The zero-order valence-electron chi connectivity index (χ0n) is 11.1. The van der Waals surface area contributed by atoms with Gasteiger partial charge in [0, 0.05) is 17.5 Å². The standard InChI is InChI=1S/C14H19N3O/c1-4-11-9-12(5-2)17(16-11)14-13(10(3)18)7-6-8-15-14/h6-10,18H,4-5H2,1-3H3. The molecule has 0 radical (unpaired) electrons. The Bertz CT molecular complexity index is 532. The van der Waals surface area contributed by atoms with Crippen LogP contribution in [0.15, 0.2) is 24.4 Å². The fourth-order valence-electron chi connectivity index (χ4n) is 2.00. The Kier molecular flexibility index (Phi) is 3.77. The Hall–Kier alpha value is -1.68. The molecule has 0 spiro atoms. The van der Waals surface area contributed by atoms with Crippen LogP contribution in [0, 0.1) is 0 Å². The summed E-state index contributed by atoms with van der Waals surface area (Å²) in [4.78, 5) is 4.37. The third-order valence-corrected chi connectivity index (χ3v) is 3.03. The van der Waals surface area contributed by atoms with Gasteiger partial charge in [-0.3, -0.25) is 0 Å². The number of hydrogen-bond acceptors (Lipinski definition) is 3. The third kappa shape index (κ3) is 2.29. The van der Waals surface area contributed by atoms with E-state index in [1.54, 1.807) is 13.1 Å². The first kappa shape index (κ1) is 12.8. The SMILES string of the molecule is CCc1cc(CC)n(-c2ncccc2C(C)O)n1. The highest BCUT2D eigenvalue weighted by Gasteiger charge is 2.14. The van der Waals surface area contributed by atoms with Gasteiger partial charge in [-0.15, -0.1) is 0 Å². The summed E-state index contributed by atoms with van der Waals surface area (Å²) in [6, 6.07) is 5.82. The van der Waals surface area contributed by atoms with E-state index in [1.165, 1.54) is 0 Å². The predicted octanol–water partition coefficient (Wildman–Crippen LogP) is 2.45. The van der Waals surface area contributed by atoms with Crippen molar-refractivity contribution in [1.29, 1.82) is 0 Å². The summed E-state index contributed by atoms with van der Waals surface area (Å²) in [6.07, 6.45) is 2.97. The smallest absolute Gasteiger partial charge is 0.159 e. The van der Waals surface area contributed by atoms with Crippen LogP contribution in [0.3, 0.4) is 0 Å². The summed E-state index contributed by atoms with van der Waals surface area (Å²) in [7, 11) is 0. The molecule has 4 nitrogen and oxygen atoms in total. The highest BCUT2D eigenvalue weighted by atomic mass is 16.3. The maximum atomic E-state index is 9.81. The molecule has 2 aromatic heterocycles. The summed E-state index contributed by atoms with van der Waals surface area (Å²) in [5, 5.41) is 14.4. The van der Waals surface area contributed by atoms with Crippen molar-refractivity contribution in [2.24, 2.45) is 0 Å². The first-order valence-corrected chi connectivity index (χ1v) is 6.38. The van der Waals surface area contributed by atoms with Gasteiger partial charge in [-0.05, 0) is 31.9 Å². The number of aliphatic hydroxyl groups excluding tert-OH is 1. The fraction of sp³-hybridized carbons (Fsp3) is 0.429. The summed E-state index contributed by atoms with van der Waals surface area (Å²) in [5.74, 6) is 0.726. The normalized spacial score (nSPS) is 12.7. The molecule has 4 heteroatoms. The molecule has 2 rings (SSSR count). The molecule has 18 heavy (non-hydrogen) atoms. The van der Waals surface area contributed by atoms with Crippen LogP contribution in [0.2, 0.25) is 0 Å². The van der Waals surface area contributed by atoms with Crippen LogP contribution in [0.25, 0.3) is 5.82 Å². The molecule has 1 atom stereocenters. The monoisotopic (exact) mass is 245 g/mol. The molecular weight excluding hydrogens is 226 g/mol. The van der Waals surface area contributed by atoms with E-state index in [0.717, 1.165) is 35.6 Å². The van der Waals surface area contributed by atoms with Crippen molar-refractivity contribution in [2.45, 2.75) is 39.7 Å². The minimum absolute atomic E-state index is 0.548. The van der Waals surface area contributed by atoms with Gasteiger partial charge < -0.3 is 5.11 Å². The van der Waals surface area contributed by atoms with Crippen molar-refractivity contribution >= 4 is 0 Å². The van der Waals surface area contributed by atoms with E-state index in [0.29, 0.717) is 0 Å². The van der Waals surface area contributed by atoms with Crippen LogP contribution in [-0.2, 0) is 12.8 Å². The first-order chi connectivity index (χ1) is 8.67. The van der Waals surface area contributed by atoms with Gasteiger partial charge in [0.25, 0.3) is 0 Å². The lowest BCUT2D eigenvalue weighted by Gasteiger charge is -2.12. The van der Waals surface area contributed by atoms with Gasteiger partial charge in [-0.25, -0.2) is 9.67 Å². The van der Waals surface area contributed by atoms with Crippen LogP contribution in [0.4, 0.5) is 0 Å². The van der Waals surface area contributed by atoms with E-state index in [9.17, 15) is 5.11 Å². The summed E-state index contributed by atoms with van der Waals surface area (Å²) < 4.78 is 1.85. The van der Waals surface area contributed by atoms with Crippen LogP contribution < -0.4 is 0 Å². The fourth-order valence-corrected chi connectivity index (χ4v) is 2.00. The highest BCUT2D eigenvalue weighted by Crippen LogP contribution is 2.21. The van der Waals surface area contributed by atoms with Crippen molar-refractivity contribution in [3.63, 3.8) is 0 Å². The number of hydrogen-bond donors (Lipinski definition) is 1. The van der Waals surface area contributed by atoms with Crippen molar-refractivity contribution in [3.8, 4) is 5.82 Å². The van der Waals surface area contributed by atoms with Gasteiger partial charge in [-0.1, -0.05) is 19.9 Å². The van der Waals surface area contributed by atoms with Gasteiger partial charge in [-0.2, -0.15) is 5.10 Å². The van der Waals surface area contributed by atoms with Crippen LogP contribution >= 0.6 is 0 Å². The Morgan fingerprint density at radius 2 is 2.11 bits per heavy atom. The van der Waals surface area contributed by atoms with E-state index in [-0.39, 0.29) is 0 Å². The number of aromatic nitrogens is 3. The summed E-state index contributed by atoms with van der Waals surface area (Å²) >= 11 is 0. The second-order valence-corrected chi connectivity index (χ2v) is 4.34. The molecule has 0 saturated heterocycles. The van der Waals surface area contributed by atoms with Gasteiger partial charge in [0.15, 0.2) is 5.82 Å². The average Bonchev–Trinajstić information content (AvgIpc) is 2.81. The van der Waals surface area contributed by atoms with Gasteiger partial charge in [0.2, 0.25) is 0 Å². The number of aryl methyl sites for hydroxylation is 2. The average molecular weight is 245 g/mol. The Morgan fingerprint density at radius 1 is 1.33 bits per heavy atom. The first-order valence-electron chi connectivity index (χ1n) is 6.38. The summed E-state index contributed by atoms with van der Waals surface area (Å²) in [6.45, 7) is 5.93. The molecule has 0 fully saturated rings. The second kappa shape index (κ2) is 5.31. The molecule has 2 aromatic rings. The molecule has 1 unspecified atom stereocenters. The minimum Gasteiger partial charge on any atom is -0.389 e. The van der Waals surface area contributed by atoms with E-state index >= 15 is 0 Å². The maximum Gasteiger partial charge on any atom is 0.159 e. The molecule has 0 aliphatic rings. The van der Waals surface area contributed by atoms with Crippen molar-refractivity contribution in [1.82, 2.24) is 14.8 Å². The van der Waals surface area contributed by atoms with Gasteiger partial charge in [0.05, 0.1) is 11.8 Å². The quantitative estimate of drug-likeness (QED) is 0.900. The summed E-state index contributed by atoms with van der Waals surface area (Å²) in [5.41, 5.74) is 2.97. The molecule has 0 aromatic carbocycles. The van der Waals surface area contributed by atoms with E-state index in [4.69, 9.17) is 0 Å². The third-order valence-electron chi connectivity index (χ3n) is 3.03. The number of pyridine rings is 1. The van der Waals surface area contributed by atoms with Gasteiger partial charge in [0.1, 0.15) is 0 Å². The lowest BCUT2D eigenvalue weighted by molar-refractivity contribution is 0.198. The molecule has 0 bridgehead atoms. The Morgan fingerprint density at radius 3 is 2.72 bits per heavy atom. The van der Waals surface area contributed by atoms with Crippen LogP contribution in [-0.4, -0.2) is 19.9 Å². The number of rotatable bonds is 4. The lowest BCUT2D eigenvalue weighted by atomic mass is 10.1. The zero-order chi connectivity index (χ0) is 13.1. The molecule has 0 saturated carbocycles. The molecule has 2 heterocycles. The van der Waals surface area contributed by atoms with Crippen molar-refractivity contribution < 1.29 is 5.11 Å². The molecule has 96 valence electrons. The van der Waals surface area contributed by atoms with Crippen molar-refractivity contribution in [2.75, 3.05) is 0 Å². The van der Waals surface area contributed by atoms with Crippen LogP contribution in [0.5, 0.6) is 0 Å². The van der Waals surface area contributed by atoms with E-state index in [2.05, 4.69) is 30.0 Å². The molecule has 0 aliphatic carbocycles. The van der Waals surface area contributed by atoms with E-state index in [1.807, 2.05) is 16.8 Å². The maximum absolute atomic E-state index is 9.81.